The Kier molecular flexibility index (Phi) is 2.86. The number of hydrogen-bond donors (Lipinski definition) is 1. The minimum Gasteiger partial charge on any atom is -0.324 e. The number of hydrogen-bond acceptors (Lipinski definition) is 5. The highest BCUT2D eigenvalue weighted by atomic mass is 14.9. The van der Waals surface area contributed by atoms with Crippen LogP contribution in [-0.4, -0.2) is 19.9 Å². The van der Waals surface area contributed by atoms with E-state index in [1.54, 1.807) is 12.4 Å². The van der Waals surface area contributed by atoms with Crippen LogP contribution < -0.4 is 5.73 Å². The first kappa shape index (κ1) is 12.3. The zero-order chi connectivity index (χ0) is 14.2. The van der Waals surface area contributed by atoms with Crippen molar-refractivity contribution in [3.8, 4) is 11.4 Å². The maximum Gasteiger partial charge on any atom is 0.159 e. The monoisotopic (exact) mass is 277 g/mol. The number of benzene rings is 1. The van der Waals surface area contributed by atoms with Crippen LogP contribution in [0, 0.1) is 0 Å². The van der Waals surface area contributed by atoms with Crippen LogP contribution in [0.3, 0.4) is 0 Å². The molecule has 0 amide bonds. The molecule has 0 bridgehead atoms. The maximum absolute atomic E-state index is 6.11. The summed E-state index contributed by atoms with van der Waals surface area (Å²) in [4.78, 5) is 17.8. The molecule has 0 fully saturated rings. The molecule has 1 atom stereocenters. The predicted molar refractivity (Wildman–Crippen MR) is 80.4 cm³/mol. The summed E-state index contributed by atoms with van der Waals surface area (Å²) in [5.41, 5.74) is 11.0. The van der Waals surface area contributed by atoms with E-state index in [0.29, 0.717) is 0 Å². The Morgan fingerprint density at radius 1 is 1.05 bits per heavy atom. The van der Waals surface area contributed by atoms with Crippen molar-refractivity contribution in [3.05, 3.63) is 48.0 Å². The van der Waals surface area contributed by atoms with Crippen LogP contribution in [0.1, 0.15) is 30.1 Å². The fraction of sp³-hybridized carbons (Fsp3) is 0.250. The molecule has 1 aliphatic rings. The summed E-state index contributed by atoms with van der Waals surface area (Å²) >= 11 is 0. The topological polar surface area (TPSA) is 77.6 Å². The third-order valence-corrected chi connectivity index (χ3v) is 3.96. The Labute approximate surface area is 122 Å². The van der Waals surface area contributed by atoms with Gasteiger partial charge < -0.3 is 5.73 Å². The molecule has 0 radical (unpaired) electrons. The fourth-order valence-corrected chi connectivity index (χ4v) is 2.82. The average Bonchev–Trinajstić information content (AvgIpc) is 2.54. The average molecular weight is 277 g/mol. The molecule has 0 aliphatic heterocycles. The first-order chi connectivity index (χ1) is 10.3. The van der Waals surface area contributed by atoms with E-state index in [1.807, 2.05) is 24.4 Å². The van der Waals surface area contributed by atoms with E-state index in [1.165, 1.54) is 0 Å². The first-order valence-electron chi connectivity index (χ1n) is 7.14. The van der Waals surface area contributed by atoms with E-state index in [4.69, 9.17) is 10.7 Å². The van der Waals surface area contributed by atoms with Gasteiger partial charge in [-0.3, -0.25) is 9.97 Å². The molecule has 1 aliphatic carbocycles. The molecule has 0 spiro atoms. The molecule has 3 aromatic rings. The Hall–Kier alpha value is -2.40. The number of fused-ring (bicyclic) bond motifs is 2. The highest BCUT2D eigenvalue weighted by Gasteiger charge is 2.19. The van der Waals surface area contributed by atoms with Gasteiger partial charge >= 0.3 is 0 Å². The molecule has 5 nitrogen and oxygen atoms in total. The van der Waals surface area contributed by atoms with Crippen LogP contribution >= 0.6 is 0 Å². The van der Waals surface area contributed by atoms with Crippen LogP contribution in [0.4, 0.5) is 0 Å². The second kappa shape index (κ2) is 4.86. The molecule has 1 aromatic carbocycles. The normalized spacial score (nSPS) is 17.7. The van der Waals surface area contributed by atoms with Gasteiger partial charge in [-0.15, -0.1) is 0 Å². The van der Waals surface area contributed by atoms with Crippen molar-refractivity contribution in [1.82, 2.24) is 19.9 Å². The van der Waals surface area contributed by atoms with E-state index < -0.39 is 0 Å². The van der Waals surface area contributed by atoms with E-state index in [2.05, 4.69) is 15.0 Å². The molecule has 5 heteroatoms. The summed E-state index contributed by atoms with van der Waals surface area (Å²) in [5, 5.41) is 0. The van der Waals surface area contributed by atoms with Crippen LogP contribution in [0.25, 0.3) is 22.4 Å². The third kappa shape index (κ3) is 2.15. The third-order valence-electron chi connectivity index (χ3n) is 3.96. The van der Waals surface area contributed by atoms with Gasteiger partial charge in [0.25, 0.3) is 0 Å². The summed E-state index contributed by atoms with van der Waals surface area (Å²) < 4.78 is 0. The number of rotatable bonds is 1. The number of aromatic nitrogens is 4. The molecular weight excluding hydrogens is 262 g/mol. The summed E-state index contributed by atoms with van der Waals surface area (Å²) in [5.74, 6) is 0.732. The molecule has 2 aromatic heterocycles. The molecule has 0 saturated heterocycles. The van der Waals surface area contributed by atoms with Gasteiger partial charge in [-0.1, -0.05) is 0 Å². The molecule has 2 N–H and O–H groups in total. The van der Waals surface area contributed by atoms with E-state index in [9.17, 15) is 0 Å². The SMILES string of the molecule is NC1CCCc2nc(-c3ccc4nccnc4c3)ncc21. The molecule has 1 unspecified atom stereocenters. The van der Waals surface area contributed by atoms with Crippen LogP contribution in [0.2, 0.25) is 0 Å². The van der Waals surface area contributed by atoms with Gasteiger partial charge in [-0.25, -0.2) is 9.97 Å². The lowest BCUT2D eigenvalue weighted by atomic mass is 9.93. The highest BCUT2D eigenvalue weighted by Crippen LogP contribution is 2.28. The van der Waals surface area contributed by atoms with E-state index >= 15 is 0 Å². The van der Waals surface area contributed by atoms with Gasteiger partial charge in [-0.05, 0) is 37.5 Å². The van der Waals surface area contributed by atoms with Gasteiger partial charge in [0.1, 0.15) is 0 Å². The quantitative estimate of drug-likeness (QED) is 0.739. The van der Waals surface area contributed by atoms with E-state index in [0.717, 1.165) is 52.9 Å². The van der Waals surface area contributed by atoms with Crippen LogP contribution in [0.5, 0.6) is 0 Å². The van der Waals surface area contributed by atoms with Crippen molar-refractivity contribution in [2.45, 2.75) is 25.3 Å². The number of nitrogens with two attached hydrogens (primary N) is 1. The number of nitrogens with zero attached hydrogens (tertiary/aromatic N) is 4. The van der Waals surface area contributed by atoms with Crippen LogP contribution in [-0.2, 0) is 6.42 Å². The van der Waals surface area contributed by atoms with Crippen molar-refractivity contribution in [2.24, 2.45) is 5.73 Å². The lowest BCUT2D eigenvalue weighted by Crippen LogP contribution is -2.19. The first-order valence-corrected chi connectivity index (χ1v) is 7.14. The van der Waals surface area contributed by atoms with Crippen molar-refractivity contribution >= 4 is 11.0 Å². The summed E-state index contributed by atoms with van der Waals surface area (Å²) in [6.07, 6.45) is 8.35. The lowest BCUT2D eigenvalue weighted by molar-refractivity contribution is 0.557. The van der Waals surface area contributed by atoms with Gasteiger partial charge in [-0.2, -0.15) is 0 Å². The zero-order valence-electron chi connectivity index (χ0n) is 11.5. The lowest BCUT2D eigenvalue weighted by Gasteiger charge is -2.21. The highest BCUT2D eigenvalue weighted by molar-refractivity contribution is 5.79. The minimum atomic E-state index is 0.0743. The smallest absolute Gasteiger partial charge is 0.159 e. The maximum atomic E-state index is 6.11. The number of aryl methyl sites for hydroxylation is 1. The minimum absolute atomic E-state index is 0.0743. The molecule has 4 rings (SSSR count). The molecule has 0 saturated carbocycles. The zero-order valence-corrected chi connectivity index (χ0v) is 11.5. The summed E-state index contributed by atoms with van der Waals surface area (Å²) in [7, 11) is 0. The Morgan fingerprint density at radius 3 is 2.81 bits per heavy atom. The van der Waals surface area contributed by atoms with E-state index in [-0.39, 0.29) is 6.04 Å². The second-order valence-corrected chi connectivity index (χ2v) is 5.35. The molecule has 21 heavy (non-hydrogen) atoms. The largest absolute Gasteiger partial charge is 0.324 e. The second-order valence-electron chi connectivity index (χ2n) is 5.35. The van der Waals surface area contributed by atoms with Gasteiger partial charge in [0, 0.05) is 41.5 Å². The Bertz CT molecular complexity index is 815. The van der Waals surface area contributed by atoms with Crippen molar-refractivity contribution in [1.29, 1.82) is 0 Å². The molecule has 2 heterocycles. The summed E-state index contributed by atoms with van der Waals surface area (Å²) in [6, 6.07) is 5.99. The molecular formula is C16H15N5. The molecule has 104 valence electrons. The van der Waals surface area contributed by atoms with Crippen LogP contribution in [0.15, 0.2) is 36.8 Å². The standard InChI is InChI=1S/C16H15N5/c17-12-2-1-3-13-11(12)9-20-16(21-13)10-4-5-14-15(8-10)19-7-6-18-14/h4-9,12H,1-3,17H2. The van der Waals surface area contributed by atoms with Gasteiger partial charge in [0.05, 0.1) is 11.0 Å². The fourth-order valence-electron chi connectivity index (χ4n) is 2.82. The van der Waals surface area contributed by atoms with Crippen molar-refractivity contribution < 1.29 is 0 Å². The Balaban J connectivity index is 1.81. The van der Waals surface area contributed by atoms with Crippen molar-refractivity contribution in [2.75, 3.05) is 0 Å². The Morgan fingerprint density at radius 2 is 1.90 bits per heavy atom. The summed E-state index contributed by atoms with van der Waals surface area (Å²) in [6.45, 7) is 0. The van der Waals surface area contributed by atoms with Gasteiger partial charge in [0.15, 0.2) is 5.82 Å². The predicted octanol–water partition coefficient (Wildman–Crippen LogP) is 2.42. The van der Waals surface area contributed by atoms with Crippen molar-refractivity contribution in [3.63, 3.8) is 0 Å². The van der Waals surface area contributed by atoms with Gasteiger partial charge in [0.2, 0.25) is 0 Å².